The molecule has 0 unspecified atom stereocenters. The number of rotatable bonds is 8. The van der Waals surface area contributed by atoms with E-state index in [4.69, 9.17) is 4.74 Å². The average Bonchev–Trinajstić information content (AvgIpc) is 3.06. The molecule has 0 atom stereocenters. The van der Waals surface area contributed by atoms with Gasteiger partial charge in [-0.2, -0.15) is 0 Å². The third-order valence-electron chi connectivity index (χ3n) is 4.57. The molecule has 1 heterocycles. The number of carbonyl (C=O) groups is 1. The van der Waals surface area contributed by atoms with Crippen LogP contribution in [0.2, 0.25) is 0 Å². The fourth-order valence-corrected chi connectivity index (χ4v) is 4.07. The van der Waals surface area contributed by atoms with E-state index in [0.29, 0.717) is 13.2 Å². The van der Waals surface area contributed by atoms with Gasteiger partial charge in [-0.05, 0) is 37.5 Å². The zero-order chi connectivity index (χ0) is 19.9. The van der Waals surface area contributed by atoms with Crippen LogP contribution in [0, 0.1) is 13.8 Å². The zero-order valence-electron chi connectivity index (χ0n) is 16.6. The predicted molar refractivity (Wildman–Crippen MR) is 114 cm³/mol. The van der Waals surface area contributed by atoms with Gasteiger partial charge >= 0.3 is 0 Å². The summed E-state index contributed by atoms with van der Waals surface area (Å²) in [5.74, 6) is 0.936. The fraction of sp³-hybridized carbons (Fsp3) is 0.304. The third kappa shape index (κ3) is 5.20. The SMILES string of the molecule is Cc1ccccc1OCCCN(C)C(=O)c1sc(Cc2ccccc2)nc1C. The molecule has 1 amide bonds. The van der Waals surface area contributed by atoms with E-state index in [9.17, 15) is 4.79 Å². The maximum atomic E-state index is 12.8. The normalized spacial score (nSPS) is 10.7. The van der Waals surface area contributed by atoms with Gasteiger partial charge in [0.15, 0.2) is 0 Å². The third-order valence-corrected chi connectivity index (χ3v) is 5.71. The highest BCUT2D eigenvalue weighted by molar-refractivity contribution is 7.13. The molecule has 0 aliphatic heterocycles. The van der Waals surface area contributed by atoms with Crippen LogP contribution < -0.4 is 4.74 Å². The summed E-state index contributed by atoms with van der Waals surface area (Å²) in [5, 5.41) is 0.975. The van der Waals surface area contributed by atoms with Crippen LogP contribution in [-0.2, 0) is 6.42 Å². The largest absolute Gasteiger partial charge is 0.493 e. The van der Waals surface area contributed by atoms with Crippen LogP contribution >= 0.6 is 11.3 Å². The Hall–Kier alpha value is -2.66. The highest BCUT2D eigenvalue weighted by atomic mass is 32.1. The molecule has 0 aliphatic rings. The lowest BCUT2D eigenvalue weighted by Gasteiger charge is -2.17. The maximum absolute atomic E-state index is 12.8. The minimum Gasteiger partial charge on any atom is -0.493 e. The molecule has 3 rings (SSSR count). The van der Waals surface area contributed by atoms with Gasteiger partial charge < -0.3 is 9.64 Å². The molecule has 0 bridgehead atoms. The van der Waals surface area contributed by atoms with Gasteiger partial charge in [-0.15, -0.1) is 11.3 Å². The van der Waals surface area contributed by atoms with E-state index in [-0.39, 0.29) is 5.91 Å². The maximum Gasteiger partial charge on any atom is 0.265 e. The first-order valence-corrected chi connectivity index (χ1v) is 10.3. The Labute approximate surface area is 170 Å². The van der Waals surface area contributed by atoms with Crippen LogP contribution in [0.1, 0.15) is 37.9 Å². The van der Waals surface area contributed by atoms with Crippen molar-refractivity contribution >= 4 is 17.2 Å². The molecule has 0 saturated heterocycles. The lowest BCUT2D eigenvalue weighted by molar-refractivity contribution is 0.0791. The number of hydrogen-bond acceptors (Lipinski definition) is 4. The van der Waals surface area contributed by atoms with Crippen LogP contribution in [0.5, 0.6) is 5.75 Å². The molecule has 4 nitrogen and oxygen atoms in total. The second-order valence-electron chi connectivity index (χ2n) is 6.88. The van der Waals surface area contributed by atoms with Crippen LogP contribution in [0.4, 0.5) is 0 Å². The lowest BCUT2D eigenvalue weighted by Crippen LogP contribution is -2.28. The number of aryl methyl sites for hydroxylation is 2. The van der Waals surface area contributed by atoms with E-state index >= 15 is 0 Å². The predicted octanol–water partition coefficient (Wildman–Crippen LogP) is 4.89. The summed E-state index contributed by atoms with van der Waals surface area (Å²) < 4.78 is 5.82. The Kier molecular flexibility index (Phi) is 6.82. The first-order chi connectivity index (χ1) is 13.5. The zero-order valence-corrected chi connectivity index (χ0v) is 17.5. The van der Waals surface area contributed by atoms with Gasteiger partial charge in [0.2, 0.25) is 0 Å². The van der Waals surface area contributed by atoms with Crippen molar-refractivity contribution in [3.05, 3.63) is 81.3 Å². The monoisotopic (exact) mass is 394 g/mol. The summed E-state index contributed by atoms with van der Waals surface area (Å²) >= 11 is 1.50. The first kappa shape index (κ1) is 20.1. The molecule has 1 aromatic heterocycles. The Morgan fingerprint density at radius 1 is 1.07 bits per heavy atom. The van der Waals surface area contributed by atoms with Gasteiger partial charge in [-0.25, -0.2) is 4.98 Å². The highest BCUT2D eigenvalue weighted by Gasteiger charge is 2.19. The van der Waals surface area contributed by atoms with Crippen molar-refractivity contribution in [2.45, 2.75) is 26.7 Å². The molecular formula is C23H26N2O2S. The molecular weight excluding hydrogens is 368 g/mol. The van der Waals surface area contributed by atoms with Crippen molar-refractivity contribution < 1.29 is 9.53 Å². The molecule has 0 aliphatic carbocycles. The van der Waals surface area contributed by atoms with E-state index in [1.165, 1.54) is 16.9 Å². The van der Waals surface area contributed by atoms with Gasteiger partial charge in [-0.3, -0.25) is 4.79 Å². The second kappa shape index (κ2) is 9.51. The quantitative estimate of drug-likeness (QED) is 0.511. The lowest BCUT2D eigenvalue weighted by atomic mass is 10.2. The minimum atomic E-state index is 0.0326. The van der Waals surface area contributed by atoms with Gasteiger partial charge in [0, 0.05) is 20.0 Å². The number of hydrogen-bond donors (Lipinski definition) is 0. The number of benzene rings is 2. The second-order valence-corrected chi connectivity index (χ2v) is 7.96. The summed E-state index contributed by atoms with van der Waals surface area (Å²) in [4.78, 5) is 19.9. The van der Waals surface area contributed by atoms with Crippen molar-refractivity contribution in [1.82, 2.24) is 9.88 Å². The van der Waals surface area contributed by atoms with Crippen LogP contribution in [0.25, 0.3) is 0 Å². The smallest absolute Gasteiger partial charge is 0.265 e. The number of thiazole rings is 1. The summed E-state index contributed by atoms with van der Waals surface area (Å²) in [5.41, 5.74) is 3.14. The summed E-state index contributed by atoms with van der Waals surface area (Å²) in [6.07, 6.45) is 1.54. The molecule has 0 fully saturated rings. The molecule has 5 heteroatoms. The summed E-state index contributed by atoms with van der Waals surface area (Å²) in [7, 11) is 1.84. The summed E-state index contributed by atoms with van der Waals surface area (Å²) in [6.45, 7) is 5.18. The summed E-state index contributed by atoms with van der Waals surface area (Å²) in [6, 6.07) is 18.2. The van der Waals surface area contributed by atoms with E-state index < -0.39 is 0 Å². The van der Waals surface area contributed by atoms with Crippen molar-refractivity contribution in [1.29, 1.82) is 0 Å². The molecule has 0 saturated carbocycles. The molecule has 146 valence electrons. The van der Waals surface area contributed by atoms with Crippen LogP contribution in [-0.4, -0.2) is 36.0 Å². The number of carbonyl (C=O) groups excluding carboxylic acids is 1. The van der Waals surface area contributed by atoms with E-state index in [2.05, 4.69) is 17.1 Å². The number of amides is 1. The topological polar surface area (TPSA) is 42.4 Å². The molecule has 0 radical (unpaired) electrons. The molecule has 3 aromatic rings. The van der Waals surface area contributed by atoms with Gasteiger partial charge in [0.1, 0.15) is 10.6 Å². The van der Waals surface area contributed by atoms with E-state index in [0.717, 1.165) is 39.7 Å². The van der Waals surface area contributed by atoms with Crippen molar-refractivity contribution in [2.24, 2.45) is 0 Å². The standard InChI is InChI=1S/C23H26N2O2S/c1-17-10-7-8-13-20(17)27-15-9-14-25(3)23(26)22-18(2)24-21(28-22)16-19-11-5-4-6-12-19/h4-8,10-13H,9,14-16H2,1-3H3. The highest BCUT2D eigenvalue weighted by Crippen LogP contribution is 2.22. The minimum absolute atomic E-state index is 0.0326. The number of ether oxygens (including phenoxy) is 1. The van der Waals surface area contributed by atoms with Crippen LogP contribution in [0.15, 0.2) is 54.6 Å². The van der Waals surface area contributed by atoms with Crippen molar-refractivity contribution in [3.8, 4) is 5.75 Å². The number of nitrogens with zero attached hydrogens (tertiary/aromatic N) is 2. The number of para-hydroxylation sites is 1. The molecule has 28 heavy (non-hydrogen) atoms. The van der Waals surface area contributed by atoms with Crippen molar-refractivity contribution in [3.63, 3.8) is 0 Å². The van der Waals surface area contributed by atoms with Gasteiger partial charge in [-0.1, -0.05) is 48.5 Å². The average molecular weight is 395 g/mol. The van der Waals surface area contributed by atoms with Gasteiger partial charge in [0.05, 0.1) is 17.3 Å². The molecule has 0 N–H and O–H groups in total. The van der Waals surface area contributed by atoms with Crippen molar-refractivity contribution in [2.75, 3.05) is 20.2 Å². The number of aromatic nitrogens is 1. The Morgan fingerprint density at radius 2 is 1.79 bits per heavy atom. The van der Waals surface area contributed by atoms with Crippen LogP contribution in [0.3, 0.4) is 0 Å². The molecule has 2 aromatic carbocycles. The van der Waals surface area contributed by atoms with E-state index in [1.54, 1.807) is 4.90 Å². The Balaban J connectivity index is 1.52. The Morgan fingerprint density at radius 3 is 2.54 bits per heavy atom. The first-order valence-electron chi connectivity index (χ1n) is 9.48. The van der Waals surface area contributed by atoms with E-state index in [1.807, 2.05) is 63.4 Å². The van der Waals surface area contributed by atoms with Gasteiger partial charge in [0.25, 0.3) is 5.91 Å². The Bertz CT molecular complexity index is 921. The molecule has 0 spiro atoms. The fourth-order valence-electron chi connectivity index (χ4n) is 2.97.